The molecule has 2 rings (SSSR count). The summed E-state index contributed by atoms with van der Waals surface area (Å²) in [7, 11) is 3.63. The van der Waals surface area contributed by atoms with Crippen molar-refractivity contribution >= 4 is 23.4 Å². The standard InChI is InChI=1S/C13H16ClN3OS/c1-9-4-12(18-3)5-10(16-9)8-19-13-15-7-11(6-14)17(13)2/h4-5,7H,6,8H2,1-3H3. The molecule has 2 aromatic heterocycles. The Kier molecular flexibility index (Phi) is 4.71. The van der Waals surface area contributed by atoms with Gasteiger partial charge in [0.2, 0.25) is 0 Å². The Balaban J connectivity index is 2.09. The van der Waals surface area contributed by atoms with Gasteiger partial charge < -0.3 is 9.30 Å². The van der Waals surface area contributed by atoms with Gasteiger partial charge in [0.05, 0.1) is 30.6 Å². The third-order valence-electron chi connectivity index (χ3n) is 2.74. The van der Waals surface area contributed by atoms with Crippen molar-refractivity contribution in [2.24, 2.45) is 7.05 Å². The Labute approximate surface area is 122 Å². The zero-order valence-electron chi connectivity index (χ0n) is 11.2. The topological polar surface area (TPSA) is 39.9 Å². The first-order chi connectivity index (χ1) is 9.13. The molecule has 0 saturated heterocycles. The van der Waals surface area contributed by atoms with Crippen molar-refractivity contribution in [2.75, 3.05) is 7.11 Å². The van der Waals surface area contributed by atoms with Gasteiger partial charge in [0.15, 0.2) is 5.16 Å². The molecule has 0 spiro atoms. The number of pyridine rings is 1. The predicted octanol–water partition coefficient (Wildman–Crippen LogP) is 3.16. The van der Waals surface area contributed by atoms with Crippen LogP contribution in [0.4, 0.5) is 0 Å². The van der Waals surface area contributed by atoms with Crippen LogP contribution in [0.2, 0.25) is 0 Å². The average Bonchev–Trinajstić information content (AvgIpc) is 2.76. The molecule has 0 saturated carbocycles. The molecular formula is C13H16ClN3OS. The molecule has 0 aromatic carbocycles. The monoisotopic (exact) mass is 297 g/mol. The largest absolute Gasteiger partial charge is 0.497 e. The Morgan fingerprint density at radius 3 is 2.84 bits per heavy atom. The summed E-state index contributed by atoms with van der Waals surface area (Å²) >= 11 is 7.46. The van der Waals surface area contributed by atoms with Gasteiger partial charge in [-0.2, -0.15) is 0 Å². The molecule has 0 unspecified atom stereocenters. The van der Waals surface area contributed by atoms with Gasteiger partial charge in [-0.05, 0) is 6.92 Å². The van der Waals surface area contributed by atoms with Gasteiger partial charge >= 0.3 is 0 Å². The lowest BCUT2D eigenvalue weighted by atomic mass is 10.3. The molecule has 0 atom stereocenters. The number of alkyl halides is 1. The number of hydrogen-bond acceptors (Lipinski definition) is 4. The molecule has 0 aliphatic carbocycles. The van der Waals surface area contributed by atoms with E-state index in [-0.39, 0.29) is 0 Å². The van der Waals surface area contributed by atoms with Crippen molar-refractivity contribution in [3.63, 3.8) is 0 Å². The third kappa shape index (κ3) is 3.42. The highest BCUT2D eigenvalue weighted by molar-refractivity contribution is 7.98. The Bertz CT molecular complexity index is 571. The third-order valence-corrected chi connectivity index (χ3v) is 4.09. The number of nitrogens with zero attached hydrogens (tertiary/aromatic N) is 3. The van der Waals surface area contributed by atoms with Gasteiger partial charge in [-0.25, -0.2) is 4.98 Å². The van der Waals surface area contributed by atoms with E-state index < -0.39 is 0 Å². The second-order valence-electron chi connectivity index (χ2n) is 4.15. The molecule has 4 nitrogen and oxygen atoms in total. The highest BCUT2D eigenvalue weighted by atomic mass is 35.5. The summed E-state index contributed by atoms with van der Waals surface area (Å²) < 4.78 is 7.25. The summed E-state index contributed by atoms with van der Waals surface area (Å²) in [6.45, 7) is 1.96. The molecule has 0 fully saturated rings. The summed E-state index contributed by atoms with van der Waals surface area (Å²) in [6, 6.07) is 3.87. The zero-order valence-corrected chi connectivity index (χ0v) is 12.8. The van der Waals surface area contributed by atoms with E-state index in [0.29, 0.717) is 5.88 Å². The SMILES string of the molecule is COc1cc(C)nc(CSc2ncc(CCl)n2C)c1. The molecule has 0 N–H and O–H groups in total. The molecule has 0 aliphatic rings. The number of aromatic nitrogens is 3. The number of halogens is 1. The van der Waals surface area contributed by atoms with Crippen molar-refractivity contribution in [3.05, 3.63) is 35.4 Å². The highest BCUT2D eigenvalue weighted by Gasteiger charge is 2.08. The summed E-state index contributed by atoms with van der Waals surface area (Å²) in [5.74, 6) is 2.06. The molecule has 6 heteroatoms. The lowest BCUT2D eigenvalue weighted by Gasteiger charge is -2.06. The first kappa shape index (κ1) is 14.2. The molecule has 0 radical (unpaired) electrons. The van der Waals surface area contributed by atoms with Crippen molar-refractivity contribution < 1.29 is 4.74 Å². The van der Waals surface area contributed by atoms with E-state index in [9.17, 15) is 0 Å². The molecule has 0 bridgehead atoms. The fourth-order valence-corrected chi connectivity index (χ4v) is 2.83. The van der Waals surface area contributed by atoms with E-state index in [4.69, 9.17) is 16.3 Å². The number of ether oxygens (including phenoxy) is 1. The van der Waals surface area contributed by atoms with Crippen LogP contribution < -0.4 is 4.74 Å². The Morgan fingerprint density at radius 1 is 1.42 bits per heavy atom. The smallest absolute Gasteiger partial charge is 0.168 e. The van der Waals surface area contributed by atoms with Crippen LogP contribution >= 0.6 is 23.4 Å². The zero-order chi connectivity index (χ0) is 13.8. The van der Waals surface area contributed by atoms with E-state index in [1.807, 2.05) is 30.7 Å². The van der Waals surface area contributed by atoms with Gasteiger partial charge in [-0.15, -0.1) is 11.6 Å². The molecule has 0 amide bonds. The fourth-order valence-electron chi connectivity index (χ4n) is 1.72. The summed E-state index contributed by atoms with van der Waals surface area (Å²) in [6.07, 6.45) is 1.81. The molecule has 0 aliphatic heterocycles. The van der Waals surface area contributed by atoms with E-state index in [1.54, 1.807) is 25.1 Å². The second-order valence-corrected chi connectivity index (χ2v) is 5.36. The van der Waals surface area contributed by atoms with E-state index in [1.165, 1.54) is 0 Å². The van der Waals surface area contributed by atoms with Crippen LogP contribution in [0.25, 0.3) is 0 Å². The summed E-state index contributed by atoms with van der Waals surface area (Å²) in [4.78, 5) is 8.84. The van der Waals surface area contributed by atoms with Gasteiger partial charge in [-0.1, -0.05) is 11.8 Å². The lowest BCUT2D eigenvalue weighted by molar-refractivity contribution is 0.413. The molecular weight excluding hydrogens is 282 g/mol. The number of thioether (sulfide) groups is 1. The van der Waals surface area contributed by atoms with Gasteiger partial charge in [0.1, 0.15) is 5.75 Å². The molecule has 2 heterocycles. The first-order valence-electron chi connectivity index (χ1n) is 5.85. The maximum Gasteiger partial charge on any atom is 0.168 e. The minimum Gasteiger partial charge on any atom is -0.497 e. The normalized spacial score (nSPS) is 10.7. The average molecular weight is 298 g/mol. The van der Waals surface area contributed by atoms with Crippen molar-refractivity contribution in [1.82, 2.24) is 14.5 Å². The Hall–Kier alpha value is -1.20. The van der Waals surface area contributed by atoms with Crippen molar-refractivity contribution in [1.29, 1.82) is 0 Å². The maximum absolute atomic E-state index is 5.82. The molecule has 2 aromatic rings. The van der Waals surface area contributed by atoms with Gasteiger partial charge in [0, 0.05) is 30.6 Å². The van der Waals surface area contributed by atoms with Crippen LogP contribution in [0.5, 0.6) is 5.75 Å². The van der Waals surface area contributed by atoms with Gasteiger partial charge in [0.25, 0.3) is 0 Å². The maximum atomic E-state index is 5.82. The number of methoxy groups -OCH3 is 1. The molecule has 102 valence electrons. The lowest BCUT2D eigenvalue weighted by Crippen LogP contribution is -1.97. The molecule has 19 heavy (non-hydrogen) atoms. The number of hydrogen-bond donors (Lipinski definition) is 0. The van der Waals surface area contributed by atoms with Crippen LogP contribution in [0.3, 0.4) is 0 Å². The van der Waals surface area contributed by atoms with Crippen LogP contribution in [0.15, 0.2) is 23.5 Å². The predicted molar refractivity (Wildman–Crippen MR) is 77.9 cm³/mol. The fraction of sp³-hybridized carbons (Fsp3) is 0.385. The van der Waals surface area contributed by atoms with Crippen molar-refractivity contribution in [3.8, 4) is 5.75 Å². The minimum atomic E-state index is 0.473. The van der Waals surface area contributed by atoms with E-state index in [0.717, 1.165) is 33.7 Å². The minimum absolute atomic E-state index is 0.473. The van der Waals surface area contributed by atoms with Crippen LogP contribution in [-0.2, 0) is 18.7 Å². The second kappa shape index (κ2) is 6.30. The van der Waals surface area contributed by atoms with Gasteiger partial charge in [-0.3, -0.25) is 4.98 Å². The van der Waals surface area contributed by atoms with Crippen LogP contribution in [0, 0.1) is 6.92 Å². The Morgan fingerprint density at radius 2 is 2.21 bits per heavy atom. The van der Waals surface area contributed by atoms with E-state index in [2.05, 4.69) is 9.97 Å². The summed E-state index contributed by atoms with van der Waals surface area (Å²) in [5, 5.41) is 0.943. The number of rotatable bonds is 5. The number of imidazole rings is 1. The van der Waals surface area contributed by atoms with Crippen LogP contribution in [-0.4, -0.2) is 21.6 Å². The quantitative estimate of drug-likeness (QED) is 0.628. The summed E-state index contributed by atoms with van der Waals surface area (Å²) in [5.41, 5.74) is 2.95. The van der Waals surface area contributed by atoms with Crippen LogP contribution in [0.1, 0.15) is 17.1 Å². The van der Waals surface area contributed by atoms with E-state index >= 15 is 0 Å². The van der Waals surface area contributed by atoms with Crippen molar-refractivity contribution in [2.45, 2.75) is 23.7 Å². The highest BCUT2D eigenvalue weighted by Crippen LogP contribution is 2.24. The number of aryl methyl sites for hydroxylation is 1. The first-order valence-corrected chi connectivity index (χ1v) is 7.37.